The van der Waals surface area contributed by atoms with E-state index in [4.69, 9.17) is 4.99 Å². The molecule has 0 N–H and O–H groups in total. The lowest BCUT2D eigenvalue weighted by atomic mass is 9.83. The Morgan fingerprint density at radius 2 is 1.30 bits per heavy atom. The zero-order chi connectivity index (χ0) is 21.1. The molecule has 2 nitrogen and oxygen atoms in total. The van der Waals surface area contributed by atoms with E-state index in [0.717, 1.165) is 45.7 Å². The fourth-order valence-corrected chi connectivity index (χ4v) is 3.12. The normalized spacial score (nSPS) is 15.0. The van der Waals surface area contributed by atoms with Crippen LogP contribution in [0.4, 0.5) is 0 Å². The Hall–Kier alpha value is -2.22. The molecule has 1 aliphatic heterocycles. The van der Waals surface area contributed by atoms with Crippen LogP contribution in [0, 0.1) is 0 Å². The van der Waals surface area contributed by atoms with Crippen LogP contribution in [0.3, 0.4) is 0 Å². The summed E-state index contributed by atoms with van der Waals surface area (Å²) in [5.41, 5.74) is 7.84. The monoisotopic (exact) mass is 367 g/mol. The van der Waals surface area contributed by atoms with Crippen molar-refractivity contribution >= 4 is 11.5 Å². The van der Waals surface area contributed by atoms with Gasteiger partial charge in [-0.2, -0.15) is 0 Å². The molecule has 1 heterocycles. The van der Waals surface area contributed by atoms with Gasteiger partial charge in [-0.15, -0.1) is 0 Å². The predicted molar refractivity (Wildman–Crippen MR) is 120 cm³/mol. The van der Waals surface area contributed by atoms with Gasteiger partial charge in [-0.3, -0.25) is 4.79 Å². The predicted octanol–water partition coefficient (Wildman–Crippen LogP) is 7.47. The lowest BCUT2D eigenvalue weighted by Gasteiger charge is -2.19. The molecule has 2 aliphatic rings. The molecule has 3 rings (SSSR count). The summed E-state index contributed by atoms with van der Waals surface area (Å²) in [6, 6.07) is 10.1. The number of rotatable bonds is 2. The molecule has 0 saturated carbocycles. The van der Waals surface area contributed by atoms with E-state index < -0.39 is 0 Å². The average Bonchev–Trinajstić information content (AvgIpc) is 3.09. The van der Waals surface area contributed by atoms with Crippen LogP contribution in [0.15, 0.2) is 68.9 Å². The maximum atomic E-state index is 12.6. The Bertz CT molecular complexity index is 759. The van der Waals surface area contributed by atoms with Crippen LogP contribution in [-0.4, -0.2) is 11.5 Å². The summed E-state index contributed by atoms with van der Waals surface area (Å²) in [6.07, 6.45) is 0.897. The number of fused-ring (bicyclic) bond motifs is 1. The second-order valence-corrected chi connectivity index (χ2v) is 5.59. The molecule has 0 aromatic heterocycles. The summed E-state index contributed by atoms with van der Waals surface area (Å²) in [5.74, 6) is 0.131. The van der Waals surface area contributed by atoms with Crippen molar-refractivity contribution in [3.8, 4) is 0 Å². The molecule has 2 heteroatoms. The van der Waals surface area contributed by atoms with Crippen molar-refractivity contribution in [2.45, 2.75) is 75.7 Å². The maximum absolute atomic E-state index is 12.6. The summed E-state index contributed by atoms with van der Waals surface area (Å²) >= 11 is 0. The fourth-order valence-electron chi connectivity index (χ4n) is 3.12. The van der Waals surface area contributed by atoms with E-state index in [9.17, 15) is 4.79 Å². The van der Waals surface area contributed by atoms with Gasteiger partial charge in [-0.1, -0.05) is 78.8 Å². The SMILES string of the molecule is CC.CC.CC.CCC1=C2N=C(c3ccccc3)C(C)=C2C(=O)C(C)=C1C. The van der Waals surface area contributed by atoms with Crippen molar-refractivity contribution in [1.82, 2.24) is 0 Å². The smallest absolute Gasteiger partial charge is 0.191 e. The first-order valence-electron chi connectivity index (χ1n) is 10.4. The lowest BCUT2D eigenvalue weighted by molar-refractivity contribution is -0.112. The standard InChI is InChI=1S/C19H19NO.3C2H6/c1-5-15-11(2)12(3)19(21)16-13(4)17(20-18(15)16)14-9-7-6-8-10-14;3*1-2/h6-10H,5H2,1-4H3;3*1-2H3. The van der Waals surface area contributed by atoms with Gasteiger partial charge in [-0.25, -0.2) is 4.99 Å². The number of benzene rings is 1. The Morgan fingerprint density at radius 1 is 0.778 bits per heavy atom. The summed E-state index contributed by atoms with van der Waals surface area (Å²) in [7, 11) is 0. The van der Waals surface area contributed by atoms with Crippen molar-refractivity contribution in [3.63, 3.8) is 0 Å². The number of aliphatic imine (C=N–C) groups is 1. The van der Waals surface area contributed by atoms with E-state index in [2.05, 4.69) is 6.92 Å². The van der Waals surface area contributed by atoms with Crippen LogP contribution in [0.25, 0.3) is 0 Å². The molecule has 1 aliphatic carbocycles. The Labute approximate surface area is 166 Å². The van der Waals surface area contributed by atoms with Crippen LogP contribution in [0.5, 0.6) is 0 Å². The molecule has 0 amide bonds. The number of ketones is 1. The Morgan fingerprint density at radius 3 is 1.78 bits per heavy atom. The number of hydrogen-bond acceptors (Lipinski definition) is 2. The molecule has 0 radical (unpaired) electrons. The first-order valence-corrected chi connectivity index (χ1v) is 10.4. The van der Waals surface area contributed by atoms with E-state index in [1.165, 1.54) is 5.57 Å². The molecule has 0 spiro atoms. The van der Waals surface area contributed by atoms with Gasteiger partial charge in [0.25, 0.3) is 0 Å². The van der Waals surface area contributed by atoms with Crippen LogP contribution in [0.1, 0.15) is 81.2 Å². The Balaban J connectivity index is 0.00000103. The topological polar surface area (TPSA) is 29.4 Å². The molecular formula is C25H37NO. The minimum absolute atomic E-state index is 0.131. The first-order chi connectivity index (χ1) is 13.1. The summed E-state index contributed by atoms with van der Waals surface area (Å²) in [4.78, 5) is 17.5. The van der Waals surface area contributed by atoms with Gasteiger partial charge in [0.05, 0.1) is 17.0 Å². The highest BCUT2D eigenvalue weighted by atomic mass is 16.1. The minimum Gasteiger partial charge on any atom is -0.289 e. The van der Waals surface area contributed by atoms with E-state index >= 15 is 0 Å². The molecule has 0 atom stereocenters. The lowest BCUT2D eigenvalue weighted by Crippen LogP contribution is -2.15. The highest BCUT2D eigenvalue weighted by molar-refractivity contribution is 6.25. The number of hydrogen-bond donors (Lipinski definition) is 0. The maximum Gasteiger partial charge on any atom is 0.191 e. The highest BCUT2D eigenvalue weighted by Gasteiger charge is 2.33. The van der Waals surface area contributed by atoms with E-state index in [1.54, 1.807) is 0 Å². The van der Waals surface area contributed by atoms with Crippen LogP contribution < -0.4 is 0 Å². The largest absolute Gasteiger partial charge is 0.289 e. The highest BCUT2D eigenvalue weighted by Crippen LogP contribution is 2.40. The first kappa shape index (κ1) is 24.8. The van der Waals surface area contributed by atoms with E-state index in [0.29, 0.717) is 0 Å². The van der Waals surface area contributed by atoms with Gasteiger partial charge in [0.1, 0.15) is 0 Å². The van der Waals surface area contributed by atoms with Gasteiger partial charge < -0.3 is 0 Å². The van der Waals surface area contributed by atoms with Gasteiger partial charge in [0, 0.05) is 11.1 Å². The van der Waals surface area contributed by atoms with Gasteiger partial charge in [0.2, 0.25) is 0 Å². The molecule has 27 heavy (non-hydrogen) atoms. The average molecular weight is 368 g/mol. The third-order valence-corrected chi connectivity index (χ3v) is 4.46. The van der Waals surface area contributed by atoms with Crippen molar-refractivity contribution in [2.24, 2.45) is 4.99 Å². The summed E-state index contributed by atoms with van der Waals surface area (Å²) < 4.78 is 0. The van der Waals surface area contributed by atoms with E-state index in [1.807, 2.05) is 92.6 Å². The zero-order valence-electron chi connectivity index (χ0n) is 18.9. The minimum atomic E-state index is 0.131. The number of carbonyl (C=O) groups excluding carboxylic acids is 1. The van der Waals surface area contributed by atoms with Gasteiger partial charge in [-0.05, 0) is 43.9 Å². The van der Waals surface area contributed by atoms with Crippen LogP contribution in [-0.2, 0) is 4.79 Å². The molecule has 0 fully saturated rings. The van der Waals surface area contributed by atoms with Gasteiger partial charge in [0.15, 0.2) is 5.78 Å². The number of allylic oxidation sites excluding steroid dienone is 5. The third kappa shape index (κ3) is 4.94. The summed E-state index contributed by atoms with van der Waals surface area (Å²) in [5, 5.41) is 0. The fraction of sp³-hybridized carbons (Fsp3) is 0.440. The molecule has 1 aromatic carbocycles. The van der Waals surface area contributed by atoms with Crippen molar-refractivity contribution in [1.29, 1.82) is 0 Å². The van der Waals surface area contributed by atoms with E-state index in [-0.39, 0.29) is 5.78 Å². The zero-order valence-corrected chi connectivity index (χ0v) is 18.9. The number of Topliss-reactive ketones (excluding diaryl/α,β-unsaturated/α-hetero) is 1. The molecular weight excluding hydrogens is 330 g/mol. The van der Waals surface area contributed by atoms with Crippen molar-refractivity contribution in [2.75, 3.05) is 0 Å². The van der Waals surface area contributed by atoms with Crippen LogP contribution >= 0.6 is 0 Å². The van der Waals surface area contributed by atoms with Crippen molar-refractivity contribution in [3.05, 3.63) is 69.5 Å². The number of carbonyl (C=O) groups is 1. The van der Waals surface area contributed by atoms with Crippen LogP contribution in [0.2, 0.25) is 0 Å². The molecule has 0 bridgehead atoms. The third-order valence-electron chi connectivity index (χ3n) is 4.46. The quantitative estimate of drug-likeness (QED) is 0.533. The molecule has 0 saturated heterocycles. The second kappa shape index (κ2) is 12.2. The Kier molecular flexibility index (Phi) is 11.2. The van der Waals surface area contributed by atoms with Gasteiger partial charge >= 0.3 is 0 Å². The summed E-state index contributed by atoms with van der Waals surface area (Å²) in [6.45, 7) is 20.1. The second-order valence-electron chi connectivity index (χ2n) is 5.59. The molecule has 1 aromatic rings. The number of nitrogens with zero attached hydrogens (tertiary/aromatic N) is 1. The van der Waals surface area contributed by atoms with Crippen molar-refractivity contribution < 1.29 is 4.79 Å². The molecule has 148 valence electrons. The molecule has 0 unspecified atom stereocenters.